The summed E-state index contributed by atoms with van der Waals surface area (Å²) in [7, 11) is -2.84. The molecule has 1 fully saturated rings. The summed E-state index contributed by atoms with van der Waals surface area (Å²) >= 11 is 0. The third-order valence-corrected chi connectivity index (χ3v) is 5.34. The molecule has 2 aromatic rings. The number of nitrogens with zero attached hydrogens (tertiary/aromatic N) is 3. The van der Waals surface area contributed by atoms with Crippen LogP contribution in [-0.4, -0.2) is 34.5 Å². The molecule has 0 spiro atoms. The van der Waals surface area contributed by atoms with Crippen LogP contribution in [0.4, 0.5) is 0 Å². The van der Waals surface area contributed by atoms with Crippen LogP contribution in [0.3, 0.4) is 0 Å². The monoisotopic (exact) mass is 280 g/mol. The van der Waals surface area contributed by atoms with Crippen LogP contribution in [0.2, 0.25) is 0 Å². The first-order valence-corrected chi connectivity index (χ1v) is 8.13. The summed E-state index contributed by atoms with van der Waals surface area (Å²) in [5.41, 5.74) is 7.37. The first-order valence-electron chi connectivity index (χ1n) is 6.31. The zero-order valence-corrected chi connectivity index (χ0v) is 11.3. The van der Waals surface area contributed by atoms with Gasteiger partial charge in [0.1, 0.15) is 0 Å². The molecule has 7 heteroatoms. The maximum absolute atomic E-state index is 11.4. The first kappa shape index (κ1) is 12.6. The maximum Gasteiger partial charge on any atom is 0.160 e. The number of aromatic nitrogens is 3. The molecule has 1 atom stereocenters. The minimum Gasteiger partial charge on any atom is -0.326 e. The number of hydrogen-bond acceptors (Lipinski definition) is 5. The summed E-state index contributed by atoms with van der Waals surface area (Å²) in [4.78, 5) is 4.47. The predicted molar refractivity (Wildman–Crippen MR) is 71.3 cm³/mol. The van der Waals surface area contributed by atoms with Crippen LogP contribution in [0.1, 0.15) is 17.8 Å². The normalized spacial score (nSPS) is 22.1. The molecule has 1 aliphatic heterocycles. The minimum atomic E-state index is -2.84. The molecule has 2 aromatic heterocycles. The van der Waals surface area contributed by atoms with E-state index in [1.54, 1.807) is 4.52 Å². The van der Waals surface area contributed by atoms with Crippen molar-refractivity contribution in [2.45, 2.75) is 19.4 Å². The van der Waals surface area contributed by atoms with Crippen molar-refractivity contribution in [3.8, 4) is 0 Å². The molecule has 1 saturated heterocycles. The van der Waals surface area contributed by atoms with Crippen molar-refractivity contribution in [3.63, 3.8) is 0 Å². The van der Waals surface area contributed by atoms with Crippen molar-refractivity contribution in [2.24, 2.45) is 11.7 Å². The molecule has 0 amide bonds. The minimum absolute atomic E-state index is 0.142. The molecule has 0 saturated carbocycles. The van der Waals surface area contributed by atoms with E-state index in [2.05, 4.69) is 10.1 Å². The van der Waals surface area contributed by atoms with Crippen molar-refractivity contribution in [1.82, 2.24) is 14.6 Å². The third kappa shape index (κ3) is 2.48. The van der Waals surface area contributed by atoms with Crippen molar-refractivity contribution in [2.75, 3.05) is 11.5 Å². The molecular weight excluding hydrogens is 264 g/mol. The third-order valence-electron chi connectivity index (χ3n) is 3.50. The Morgan fingerprint density at radius 2 is 2.32 bits per heavy atom. The van der Waals surface area contributed by atoms with Gasteiger partial charge in [0, 0.05) is 24.7 Å². The van der Waals surface area contributed by atoms with Crippen LogP contribution in [-0.2, 0) is 22.8 Å². The molecule has 102 valence electrons. The molecule has 0 aromatic carbocycles. The molecule has 1 aliphatic rings. The number of hydrogen-bond donors (Lipinski definition) is 1. The Kier molecular flexibility index (Phi) is 3.02. The molecule has 0 bridgehead atoms. The summed E-state index contributed by atoms with van der Waals surface area (Å²) < 4.78 is 24.6. The Hall–Kier alpha value is -1.47. The number of nitrogens with two attached hydrogens (primary N) is 1. The molecule has 2 N–H and O–H groups in total. The van der Waals surface area contributed by atoms with E-state index in [0.29, 0.717) is 31.0 Å². The van der Waals surface area contributed by atoms with Gasteiger partial charge in [0.15, 0.2) is 21.3 Å². The second-order valence-corrected chi connectivity index (χ2v) is 7.24. The second kappa shape index (κ2) is 4.57. The summed E-state index contributed by atoms with van der Waals surface area (Å²) in [6, 6.07) is 3.81. The highest BCUT2D eigenvalue weighted by atomic mass is 32.2. The molecule has 19 heavy (non-hydrogen) atoms. The fraction of sp³-hybridized carbons (Fsp3) is 0.500. The van der Waals surface area contributed by atoms with E-state index in [-0.39, 0.29) is 11.7 Å². The van der Waals surface area contributed by atoms with Gasteiger partial charge in [-0.1, -0.05) is 6.07 Å². The van der Waals surface area contributed by atoms with Gasteiger partial charge < -0.3 is 5.73 Å². The Balaban J connectivity index is 1.86. The van der Waals surface area contributed by atoms with Gasteiger partial charge in [-0.15, -0.1) is 0 Å². The van der Waals surface area contributed by atoms with E-state index in [1.807, 2.05) is 18.3 Å². The van der Waals surface area contributed by atoms with Gasteiger partial charge in [0.25, 0.3) is 0 Å². The van der Waals surface area contributed by atoms with Gasteiger partial charge in [-0.25, -0.2) is 17.9 Å². The van der Waals surface area contributed by atoms with Gasteiger partial charge in [0.05, 0.1) is 11.5 Å². The van der Waals surface area contributed by atoms with Crippen molar-refractivity contribution in [3.05, 3.63) is 29.7 Å². The van der Waals surface area contributed by atoms with Crippen LogP contribution in [0, 0.1) is 5.92 Å². The highest BCUT2D eigenvalue weighted by Gasteiger charge is 2.28. The number of rotatable bonds is 3. The molecule has 6 nitrogen and oxygen atoms in total. The molecule has 0 aliphatic carbocycles. The highest BCUT2D eigenvalue weighted by Crippen LogP contribution is 2.22. The largest absolute Gasteiger partial charge is 0.326 e. The smallest absolute Gasteiger partial charge is 0.160 e. The van der Waals surface area contributed by atoms with Gasteiger partial charge in [-0.2, -0.15) is 5.10 Å². The maximum atomic E-state index is 11.4. The topological polar surface area (TPSA) is 90.4 Å². The number of pyridine rings is 1. The fourth-order valence-corrected chi connectivity index (χ4v) is 4.40. The molecule has 3 rings (SSSR count). The SMILES string of the molecule is NCc1cccn2nc(CC3CCS(=O)(=O)C3)nc12. The van der Waals surface area contributed by atoms with Crippen LogP contribution in [0.15, 0.2) is 18.3 Å². The van der Waals surface area contributed by atoms with E-state index >= 15 is 0 Å². The van der Waals surface area contributed by atoms with Gasteiger partial charge in [-0.05, 0) is 18.4 Å². The quantitative estimate of drug-likeness (QED) is 0.865. The Morgan fingerprint density at radius 1 is 1.47 bits per heavy atom. The highest BCUT2D eigenvalue weighted by molar-refractivity contribution is 7.91. The molecule has 1 unspecified atom stereocenters. The second-order valence-electron chi connectivity index (χ2n) is 5.01. The van der Waals surface area contributed by atoms with Crippen molar-refractivity contribution in [1.29, 1.82) is 0 Å². The summed E-state index contributed by atoms with van der Waals surface area (Å²) in [6.07, 6.45) is 3.16. The average Bonchev–Trinajstić information content (AvgIpc) is 2.91. The van der Waals surface area contributed by atoms with Gasteiger partial charge in [0.2, 0.25) is 0 Å². The predicted octanol–water partition coefficient (Wildman–Crippen LogP) is 0.165. The first-order chi connectivity index (χ1) is 9.07. The van der Waals surface area contributed by atoms with Crippen molar-refractivity contribution < 1.29 is 8.42 Å². The summed E-state index contributed by atoms with van der Waals surface area (Å²) in [6.45, 7) is 0.417. The lowest BCUT2D eigenvalue weighted by Crippen LogP contribution is -2.08. The Labute approximate surface area is 111 Å². The van der Waals surface area contributed by atoms with E-state index in [9.17, 15) is 8.42 Å². The van der Waals surface area contributed by atoms with Gasteiger partial charge >= 0.3 is 0 Å². The molecule has 0 radical (unpaired) electrons. The van der Waals surface area contributed by atoms with Crippen LogP contribution >= 0.6 is 0 Å². The van der Waals surface area contributed by atoms with E-state index < -0.39 is 9.84 Å². The summed E-state index contributed by atoms with van der Waals surface area (Å²) in [5, 5.41) is 4.39. The fourth-order valence-electron chi connectivity index (χ4n) is 2.54. The summed E-state index contributed by atoms with van der Waals surface area (Å²) in [5.74, 6) is 1.39. The van der Waals surface area contributed by atoms with Crippen LogP contribution < -0.4 is 5.73 Å². The van der Waals surface area contributed by atoms with E-state index in [0.717, 1.165) is 11.2 Å². The van der Waals surface area contributed by atoms with Crippen molar-refractivity contribution >= 4 is 15.5 Å². The van der Waals surface area contributed by atoms with E-state index in [4.69, 9.17) is 5.73 Å². The average molecular weight is 280 g/mol. The van der Waals surface area contributed by atoms with Crippen LogP contribution in [0.5, 0.6) is 0 Å². The molecule has 3 heterocycles. The lowest BCUT2D eigenvalue weighted by molar-refractivity contribution is 0.569. The Morgan fingerprint density at radius 3 is 3.00 bits per heavy atom. The Bertz CT molecular complexity index is 708. The number of fused-ring (bicyclic) bond motifs is 1. The molecular formula is C12H16N4O2S. The zero-order chi connectivity index (χ0) is 13.5. The van der Waals surface area contributed by atoms with Crippen LogP contribution in [0.25, 0.3) is 5.65 Å². The zero-order valence-electron chi connectivity index (χ0n) is 10.5. The van der Waals surface area contributed by atoms with E-state index in [1.165, 1.54) is 0 Å². The van der Waals surface area contributed by atoms with Gasteiger partial charge in [-0.3, -0.25) is 0 Å². The number of sulfone groups is 1. The standard InChI is InChI=1S/C12H16N4O2S/c13-7-10-2-1-4-16-12(10)14-11(15-16)6-9-3-5-19(17,18)8-9/h1-2,4,9H,3,5-8,13H2. The lowest BCUT2D eigenvalue weighted by Gasteiger charge is -2.01. The lowest BCUT2D eigenvalue weighted by atomic mass is 10.1.